The zero-order valence-electron chi connectivity index (χ0n) is 15.5. The number of ether oxygens (including phenoxy) is 1. The van der Waals surface area contributed by atoms with Gasteiger partial charge >= 0.3 is 0 Å². The highest BCUT2D eigenvalue weighted by atomic mass is 16.5. The predicted molar refractivity (Wildman–Crippen MR) is 112 cm³/mol. The molecule has 1 aliphatic heterocycles. The van der Waals surface area contributed by atoms with Crippen molar-refractivity contribution < 1.29 is 4.74 Å². The molecule has 0 spiro atoms. The number of para-hydroxylation sites is 4. The van der Waals surface area contributed by atoms with E-state index in [1.165, 1.54) is 0 Å². The third kappa shape index (κ3) is 3.47. The molecule has 0 radical (unpaired) electrons. The minimum absolute atomic E-state index is 0.632. The van der Waals surface area contributed by atoms with Crippen molar-refractivity contribution >= 4 is 28.6 Å². The molecule has 3 aromatic rings. The number of benzene rings is 3. The van der Waals surface area contributed by atoms with Crippen molar-refractivity contribution in [2.45, 2.75) is 6.42 Å². The Labute approximate surface area is 159 Å². The molecule has 0 bridgehead atoms. The Kier molecular flexibility index (Phi) is 4.71. The van der Waals surface area contributed by atoms with Gasteiger partial charge in [-0.3, -0.25) is 4.99 Å². The van der Waals surface area contributed by atoms with Crippen molar-refractivity contribution in [2.24, 2.45) is 9.98 Å². The molecule has 134 valence electrons. The Hall–Kier alpha value is -3.40. The van der Waals surface area contributed by atoms with Gasteiger partial charge in [-0.05, 0) is 29.8 Å². The summed E-state index contributed by atoms with van der Waals surface area (Å²) in [6.07, 6.45) is 0.632. The summed E-state index contributed by atoms with van der Waals surface area (Å²) in [7, 11) is 3.71. The zero-order valence-corrected chi connectivity index (χ0v) is 15.5. The molecule has 0 aromatic heterocycles. The van der Waals surface area contributed by atoms with Gasteiger partial charge in [0.25, 0.3) is 0 Å². The van der Waals surface area contributed by atoms with Gasteiger partial charge in [0.2, 0.25) is 0 Å². The molecular formula is C23H21N3O. The number of anilines is 1. The molecule has 0 saturated heterocycles. The fourth-order valence-corrected chi connectivity index (χ4v) is 3.20. The maximum atomic E-state index is 5.54. The van der Waals surface area contributed by atoms with Crippen LogP contribution in [0, 0.1) is 0 Å². The maximum absolute atomic E-state index is 5.54. The van der Waals surface area contributed by atoms with E-state index in [0.29, 0.717) is 6.42 Å². The van der Waals surface area contributed by atoms with Gasteiger partial charge in [-0.25, -0.2) is 4.99 Å². The van der Waals surface area contributed by atoms with Crippen molar-refractivity contribution in [1.82, 2.24) is 0 Å². The van der Waals surface area contributed by atoms with Gasteiger partial charge in [-0.2, -0.15) is 0 Å². The number of rotatable bonds is 3. The highest BCUT2D eigenvalue weighted by Gasteiger charge is 2.20. The normalized spacial score (nSPS) is 13.1. The zero-order chi connectivity index (χ0) is 18.6. The molecule has 0 unspecified atom stereocenters. The van der Waals surface area contributed by atoms with Crippen LogP contribution in [0.4, 0.5) is 17.1 Å². The Morgan fingerprint density at radius 3 is 2.15 bits per heavy atom. The molecule has 0 fully saturated rings. The van der Waals surface area contributed by atoms with Crippen LogP contribution in [0.15, 0.2) is 88.8 Å². The first-order valence-corrected chi connectivity index (χ1v) is 8.92. The topological polar surface area (TPSA) is 37.2 Å². The number of hydrogen-bond donors (Lipinski definition) is 0. The fourth-order valence-electron chi connectivity index (χ4n) is 3.20. The summed E-state index contributed by atoms with van der Waals surface area (Å²) >= 11 is 0. The summed E-state index contributed by atoms with van der Waals surface area (Å²) < 4.78 is 5.54. The first-order chi connectivity index (χ1) is 13.3. The van der Waals surface area contributed by atoms with E-state index < -0.39 is 0 Å². The quantitative estimate of drug-likeness (QED) is 0.632. The Balaban J connectivity index is 1.81. The van der Waals surface area contributed by atoms with E-state index in [1.54, 1.807) is 7.11 Å². The van der Waals surface area contributed by atoms with Gasteiger partial charge in [-0.15, -0.1) is 0 Å². The van der Waals surface area contributed by atoms with Crippen LogP contribution in [0.1, 0.15) is 12.0 Å². The summed E-state index contributed by atoms with van der Waals surface area (Å²) in [5.74, 6) is 1.74. The Bertz CT molecular complexity index is 1010. The monoisotopic (exact) mass is 355 g/mol. The van der Waals surface area contributed by atoms with Crippen molar-refractivity contribution in [3.8, 4) is 5.75 Å². The van der Waals surface area contributed by atoms with E-state index in [4.69, 9.17) is 14.7 Å². The van der Waals surface area contributed by atoms with E-state index in [2.05, 4.69) is 17.0 Å². The summed E-state index contributed by atoms with van der Waals surface area (Å²) in [6, 6.07) is 26.2. The van der Waals surface area contributed by atoms with Crippen LogP contribution in [0.25, 0.3) is 0 Å². The molecule has 0 atom stereocenters. The van der Waals surface area contributed by atoms with Crippen LogP contribution < -0.4 is 9.64 Å². The predicted octanol–water partition coefficient (Wildman–Crippen LogP) is 5.39. The molecule has 0 amide bonds. The molecule has 0 aliphatic carbocycles. The van der Waals surface area contributed by atoms with Gasteiger partial charge in [0.05, 0.1) is 29.9 Å². The largest absolute Gasteiger partial charge is 0.495 e. The molecule has 1 heterocycles. The SMILES string of the molecule is COc1ccccc1N(C)C1=Nc2ccccc2N=C(c2ccccc2)C1. The number of nitrogens with zero attached hydrogens (tertiary/aromatic N) is 3. The minimum Gasteiger partial charge on any atom is -0.495 e. The summed E-state index contributed by atoms with van der Waals surface area (Å²) in [5.41, 5.74) is 4.85. The number of methoxy groups -OCH3 is 1. The fraction of sp³-hybridized carbons (Fsp3) is 0.130. The summed E-state index contributed by atoms with van der Waals surface area (Å²) in [4.78, 5) is 11.9. The van der Waals surface area contributed by atoms with Crippen molar-refractivity contribution in [2.75, 3.05) is 19.1 Å². The van der Waals surface area contributed by atoms with Crippen LogP contribution >= 0.6 is 0 Å². The molecule has 4 nitrogen and oxygen atoms in total. The lowest BCUT2D eigenvalue weighted by molar-refractivity contribution is 0.416. The van der Waals surface area contributed by atoms with E-state index in [-0.39, 0.29) is 0 Å². The number of amidine groups is 1. The van der Waals surface area contributed by atoms with Crippen molar-refractivity contribution in [3.63, 3.8) is 0 Å². The lowest BCUT2D eigenvalue weighted by atomic mass is 10.1. The lowest BCUT2D eigenvalue weighted by Gasteiger charge is -2.23. The van der Waals surface area contributed by atoms with Gasteiger partial charge in [-0.1, -0.05) is 54.6 Å². The van der Waals surface area contributed by atoms with Gasteiger partial charge in [0.15, 0.2) is 0 Å². The molecule has 1 aliphatic rings. The van der Waals surface area contributed by atoms with Gasteiger partial charge < -0.3 is 9.64 Å². The lowest BCUT2D eigenvalue weighted by Crippen LogP contribution is -2.28. The second-order valence-corrected chi connectivity index (χ2v) is 6.35. The first kappa shape index (κ1) is 17.0. The van der Waals surface area contributed by atoms with Crippen LogP contribution in [0.3, 0.4) is 0 Å². The third-order valence-corrected chi connectivity index (χ3v) is 4.65. The molecule has 3 aromatic carbocycles. The Morgan fingerprint density at radius 2 is 1.41 bits per heavy atom. The average Bonchev–Trinajstić information content (AvgIpc) is 2.93. The second-order valence-electron chi connectivity index (χ2n) is 6.35. The van der Waals surface area contributed by atoms with Crippen LogP contribution in [-0.4, -0.2) is 25.7 Å². The highest BCUT2D eigenvalue weighted by molar-refractivity contribution is 6.18. The number of hydrogen-bond acceptors (Lipinski definition) is 4. The molecular weight excluding hydrogens is 334 g/mol. The maximum Gasteiger partial charge on any atom is 0.142 e. The molecule has 4 heteroatoms. The highest BCUT2D eigenvalue weighted by Crippen LogP contribution is 2.34. The van der Waals surface area contributed by atoms with Gasteiger partial charge in [0, 0.05) is 13.5 Å². The second kappa shape index (κ2) is 7.46. The average molecular weight is 355 g/mol. The van der Waals surface area contributed by atoms with Crippen molar-refractivity contribution in [3.05, 3.63) is 84.4 Å². The minimum atomic E-state index is 0.632. The summed E-state index contributed by atoms with van der Waals surface area (Å²) in [6.45, 7) is 0. The standard InChI is InChI=1S/C23H21N3O/c1-26(21-14-8-9-15-22(21)27-2)23-16-20(17-10-4-3-5-11-17)24-18-12-6-7-13-19(18)25-23/h3-15H,16H2,1-2H3. The van der Waals surface area contributed by atoms with Crippen molar-refractivity contribution in [1.29, 1.82) is 0 Å². The van der Waals surface area contributed by atoms with E-state index >= 15 is 0 Å². The molecule has 0 N–H and O–H groups in total. The first-order valence-electron chi connectivity index (χ1n) is 8.92. The van der Waals surface area contributed by atoms with Crippen LogP contribution in [-0.2, 0) is 0 Å². The molecule has 0 saturated carbocycles. The van der Waals surface area contributed by atoms with E-state index in [0.717, 1.165) is 39.9 Å². The third-order valence-electron chi connectivity index (χ3n) is 4.65. The van der Waals surface area contributed by atoms with E-state index in [1.807, 2.05) is 73.8 Å². The van der Waals surface area contributed by atoms with Gasteiger partial charge in [0.1, 0.15) is 11.6 Å². The summed E-state index contributed by atoms with van der Waals surface area (Å²) in [5, 5.41) is 0. The number of aliphatic imine (C=N–C) groups is 2. The van der Waals surface area contributed by atoms with Crippen LogP contribution in [0.5, 0.6) is 5.75 Å². The van der Waals surface area contributed by atoms with Crippen LogP contribution in [0.2, 0.25) is 0 Å². The Morgan fingerprint density at radius 1 is 0.778 bits per heavy atom. The number of fused-ring (bicyclic) bond motifs is 1. The molecule has 4 rings (SSSR count). The molecule has 27 heavy (non-hydrogen) atoms. The van der Waals surface area contributed by atoms with E-state index in [9.17, 15) is 0 Å². The smallest absolute Gasteiger partial charge is 0.142 e.